The van der Waals surface area contributed by atoms with Gasteiger partial charge in [0.15, 0.2) is 11.0 Å². The highest BCUT2D eigenvalue weighted by molar-refractivity contribution is 7.99. The van der Waals surface area contributed by atoms with Crippen LogP contribution in [0, 0.1) is 0 Å². The molecule has 0 spiro atoms. The highest BCUT2D eigenvalue weighted by Gasteiger charge is 2.26. The molecule has 6 heteroatoms. The predicted octanol–water partition coefficient (Wildman–Crippen LogP) is 6.29. The summed E-state index contributed by atoms with van der Waals surface area (Å²) in [5, 5.41) is 13.3. The Labute approximate surface area is 197 Å². The van der Waals surface area contributed by atoms with Crippen LogP contribution in [0.3, 0.4) is 0 Å². The zero-order valence-electron chi connectivity index (χ0n) is 19.9. The van der Waals surface area contributed by atoms with Crippen molar-refractivity contribution < 1.29 is 4.79 Å². The lowest BCUT2D eigenvalue weighted by molar-refractivity contribution is -0.119. The number of carbonyl (C=O) groups is 1. The van der Waals surface area contributed by atoms with Crippen molar-refractivity contribution in [1.82, 2.24) is 20.1 Å². The number of rotatable bonds is 6. The van der Waals surface area contributed by atoms with Crippen LogP contribution in [-0.2, 0) is 10.2 Å². The fourth-order valence-corrected chi connectivity index (χ4v) is 5.82. The van der Waals surface area contributed by atoms with Crippen LogP contribution in [-0.4, -0.2) is 32.5 Å². The molecule has 0 atom stereocenters. The lowest BCUT2D eigenvalue weighted by atomic mass is 9.86. The van der Waals surface area contributed by atoms with Crippen LogP contribution < -0.4 is 5.32 Å². The van der Waals surface area contributed by atoms with Gasteiger partial charge in [-0.1, -0.05) is 95.3 Å². The van der Waals surface area contributed by atoms with Crippen LogP contribution in [0.5, 0.6) is 0 Å². The summed E-state index contributed by atoms with van der Waals surface area (Å²) in [5.41, 5.74) is 2.55. The summed E-state index contributed by atoms with van der Waals surface area (Å²) in [6, 6.07) is 9.52. The molecule has 1 aromatic heterocycles. The van der Waals surface area contributed by atoms with Crippen molar-refractivity contribution in [2.75, 3.05) is 5.75 Å². The second kappa shape index (κ2) is 10.4. The fraction of sp³-hybridized carbons (Fsp3) is 0.654. The van der Waals surface area contributed by atoms with Gasteiger partial charge in [-0.15, -0.1) is 10.2 Å². The van der Waals surface area contributed by atoms with Crippen molar-refractivity contribution in [2.45, 2.75) is 108 Å². The van der Waals surface area contributed by atoms with E-state index < -0.39 is 0 Å². The highest BCUT2D eigenvalue weighted by Crippen LogP contribution is 2.37. The molecule has 174 valence electrons. The van der Waals surface area contributed by atoms with Crippen molar-refractivity contribution in [3.8, 4) is 11.4 Å². The molecule has 0 unspecified atom stereocenters. The molecule has 2 aliphatic carbocycles. The summed E-state index contributed by atoms with van der Waals surface area (Å²) in [6.07, 6.45) is 12.1. The van der Waals surface area contributed by atoms with Gasteiger partial charge in [0.05, 0.1) is 5.75 Å². The molecule has 0 radical (unpaired) electrons. The van der Waals surface area contributed by atoms with Gasteiger partial charge in [-0.05, 0) is 36.7 Å². The third kappa shape index (κ3) is 5.75. The first-order valence-corrected chi connectivity index (χ1v) is 13.4. The van der Waals surface area contributed by atoms with Gasteiger partial charge in [0, 0.05) is 17.6 Å². The van der Waals surface area contributed by atoms with E-state index in [4.69, 9.17) is 0 Å². The molecule has 2 fully saturated rings. The quantitative estimate of drug-likeness (QED) is 0.412. The number of nitrogens with zero attached hydrogens (tertiary/aromatic N) is 3. The van der Waals surface area contributed by atoms with E-state index in [1.54, 1.807) is 0 Å². The number of carbonyl (C=O) groups excluding carboxylic acids is 1. The maximum Gasteiger partial charge on any atom is 0.230 e. The zero-order valence-corrected chi connectivity index (χ0v) is 20.7. The molecule has 1 aromatic carbocycles. The Bertz CT molecular complexity index is 886. The largest absolute Gasteiger partial charge is 0.353 e. The fourth-order valence-electron chi connectivity index (χ4n) is 5.01. The van der Waals surface area contributed by atoms with Gasteiger partial charge in [0.25, 0.3) is 0 Å². The molecule has 5 nitrogen and oxygen atoms in total. The molecule has 2 saturated carbocycles. The SMILES string of the molecule is CC(C)(C)c1ccc(-c2nnc(SCC(=O)NC3CCCCCC3)n2C2CCCC2)cc1. The summed E-state index contributed by atoms with van der Waals surface area (Å²) in [4.78, 5) is 12.6. The number of hydrogen-bond donors (Lipinski definition) is 1. The third-order valence-corrected chi connectivity index (χ3v) is 7.86. The number of amides is 1. The number of nitrogens with one attached hydrogen (secondary N) is 1. The van der Waals surface area contributed by atoms with Gasteiger partial charge in [-0.3, -0.25) is 9.36 Å². The zero-order chi connectivity index (χ0) is 22.6. The Balaban J connectivity index is 1.49. The van der Waals surface area contributed by atoms with E-state index >= 15 is 0 Å². The Hall–Kier alpha value is -1.82. The van der Waals surface area contributed by atoms with Crippen LogP contribution in [0.1, 0.15) is 96.6 Å². The topological polar surface area (TPSA) is 59.8 Å². The highest BCUT2D eigenvalue weighted by atomic mass is 32.2. The maximum absolute atomic E-state index is 12.6. The molecule has 0 aliphatic heterocycles. The van der Waals surface area contributed by atoms with E-state index in [0.717, 1.165) is 42.2 Å². The Morgan fingerprint density at radius 1 is 0.969 bits per heavy atom. The molecule has 4 rings (SSSR count). The minimum atomic E-state index is 0.124. The van der Waals surface area contributed by atoms with Crippen LogP contribution in [0.15, 0.2) is 29.4 Å². The summed E-state index contributed by atoms with van der Waals surface area (Å²) in [5.74, 6) is 1.47. The minimum absolute atomic E-state index is 0.124. The summed E-state index contributed by atoms with van der Waals surface area (Å²) in [6.45, 7) is 6.70. The van der Waals surface area contributed by atoms with Crippen LogP contribution >= 0.6 is 11.8 Å². The Kier molecular flexibility index (Phi) is 7.59. The van der Waals surface area contributed by atoms with Crippen molar-refractivity contribution in [1.29, 1.82) is 0 Å². The number of hydrogen-bond acceptors (Lipinski definition) is 4. The van der Waals surface area contributed by atoms with Crippen molar-refractivity contribution in [3.05, 3.63) is 29.8 Å². The lowest BCUT2D eigenvalue weighted by Gasteiger charge is -2.20. The van der Waals surface area contributed by atoms with Crippen molar-refractivity contribution >= 4 is 17.7 Å². The lowest BCUT2D eigenvalue weighted by Crippen LogP contribution is -2.35. The van der Waals surface area contributed by atoms with E-state index in [1.165, 1.54) is 55.9 Å². The molecule has 2 aliphatic rings. The average molecular weight is 455 g/mol. The normalized spacial score (nSPS) is 18.6. The Morgan fingerprint density at radius 3 is 2.22 bits per heavy atom. The number of benzene rings is 1. The van der Waals surface area contributed by atoms with Gasteiger partial charge >= 0.3 is 0 Å². The van der Waals surface area contributed by atoms with E-state index in [-0.39, 0.29) is 11.3 Å². The van der Waals surface area contributed by atoms with Crippen molar-refractivity contribution in [2.24, 2.45) is 0 Å². The number of thioether (sulfide) groups is 1. The molecular formula is C26H38N4OS. The van der Waals surface area contributed by atoms with Gasteiger partial charge < -0.3 is 5.32 Å². The molecule has 0 saturated heterocycles. The molecule has 1 N–H and O–H groups in total. The molecular weight excluding hydrogens is 416 g/mol. The molecule has 32 heavy (non-hydrogen) atoms. The standard InChI is InChI=1S/C26H38N4OS/c1-26(2,3)20-16-14-19(15-17-20)24-28-29-25(30(24)22-12-8-9-13-22)32-18-23(31)27-21-10-6-4-5-7-11-21/h14-17,21-22H,4-13,18H2,1-3H3,(H,27,31). The second-order valence-electron chi connectivity index (χ2n) is 10.5. The van der Waals surface area contributed by atoms with Crippen LogP contribution in [0.2, 0.25) is 0 Å². The molecule has 0 bridgehead atoms. The first kappa shape index (κ1) is 23.3. The van der Waals surface area contributed by atoms with Gasteiger partial charge in [0.2, 0.25) is 5.91 Å². The van der Waals surface area contributed by atoms with E-state index in [2.05, 4.69) is 65.1 Å². The smallest absolute Gasteiger partial charge is 0.230 e. The summed E-state index contributed by atoms with van der Waals surface area (Å²) >= 11 is 1.54. The third-order valence-electron chi connectivity index (χ3n) is 6.92. The second-order valence-corrected chi connectivity index (χ2v) is 11.4. The first-order valence-electron chi connectivity index (χ1n) is 12.4. The van der Waals surface area contributed by atoms with Gasteiger partial charge in [-0.2, -0.15) is 0 Å². The number of aromatic nitrogens is 3. The Morgan fingerprint density at radius 2 is 1.59 bits per heavy atom. The molecule has 1 amide bonds. The minimum Gasteiger partial charge on any atom is -0.353 e. The van der Waals surface area contributed by atoms with E-state index in [1.807, 2.05) is 0 Å². The molecule has 2 aromatic rings. The van der Waals surface area contributed by atoms with Crippen molar-refractivity contribution in [3.63, 3.8) is 0 Å². The maximum atomic E-state index is 12.6. The predicted molar refractivity (Wildman–Crippen MR) is 132 cm³/mol. The first-order chi connectivity index (χ1) is 15.4. The monoisotopic (exact) mass is 454 g/mol. The molecule has 1 heterocycles. The van der Waals surface area contributed by atoms with E-state index in [0.29, 0.717) is 17.8 Å². The van der Waals surface area contributed by atoms with Gasteiger partial charge in [-0.25, -0.2) is 0 Å². The van der Waals surface area contributed by atoms with E-state index in [9.17, 15) is 4.79 Å². The van der Waals surface area contributed by atoms with Gasteiger partial charge in [0.1, 0.15) is 0 Å². The van der Waals surface area contributed by atoms with Crippen LogP contribution in [0.4, 0.5) is 0 Å². The average Bonchev–Trinajstić information content (AvgIpc) is 3.37. The summed E-state index contributed by atoms with van der Waals surface area (Å²) in [7, 11) is 0. The summed E-state index contributed by atoms with van der Waals surface area (Å²) < 4.78 is 2.31. The van der Waals surface area contributed by atoms with Crippen LogP contribution in [0.25, 0.3) is 11.4 Å².